The lowest BCUT2D eigenvalue weighted by molar-refractivity contribution is 0.0536. The fourth-order valence-electron chi connectivity index (χ4n) is 4.42. The van der Waals surface area contributed by atoms with Gasteiger partial charge in [-0.05, 0) is 53.9 Å². The van der Waals surface area contributed by atoms with Gasteiger partial charge in [0.05, 0.1) is 6.61 Å². The first kappa shape index (κ1) is 20.2. The molecule has 4 rings (SSSR count). The highest BCUT2D eigenvalue weighted by atomic mass is 32.1. The van der Waals surface area contributed by atoms with E-state index in [0.717, 1.165) is 17.0 Å². The van der Waals surface area contributed by atoms with Crippen molar-refractivity contribution in [1.82, 2.24) is 5.32 Å². The van der Waals surface area contributed by atoms with Crippen molar-refractivity contribution < 1.29 is 24.5 Å². The summed E-state index contributed by atoms with van der Waals surface area (Å²) in [6.07, 6.45) is -0.336. The number of thiophene rings is 1. The molecule has 2 aliphatic rings. The Labute approximate surface area is 174 Å². The van der Waals surface area contributed by atoms with E-state index in [1.54, 1.807) is 23.5 Å². The number of aryl methyl sites for hydroxylation is 1. The zero-order valence-corrected chi connectivity index (χ0v) is 17.7. The summed E-state index contributed by atoms with van der Waals surface area (Å²) >= 11 is 1.57. The molecule has 1 amide bonds. The van der Waals surface area contributed by atoms with E-state index in [1.165, 1.54) is 16.0 Å². The molecule has 3 N–H and O–H groups in total. The van der Waals surface area contributed by atoms with Crippen LogP contribution < -0.4 is 14.8 Å². The molecule has 2 aliphatic carbocycles. The van der Waals surface area contributed by atoms with Crippen molar-refractivity contribution in [3.63, 3.8) is 0 Å². The summed E-state index contributed by atoms with van der Waals surface area (Å²) < 4.78 is 11.0. The maximum Gasteiger partial charge on any atom is 0.413 e. The predicted octanol–water partition coefficient (Wildman–Crippen LogP) is 3.37. The van der Waals surface area contributed by atoms with Crippen LogP contribution in [0.5, 0.6) is 10.8 Å². The van der Waals surface area contributed by atoms with Crippen molar-refractivity contribution in [3.05, 3.63) is 45.8 Å². The highest BCUT2D eigenvalue weighted by Crippen LogP contribution is 2.72. The Morgan fingerprint density at radius 2 is 2.07 bits per heavy atom. The van der Waals surface area contributed by atoms with E-state index >= 15 is 0 Å². The third-order valence-electron chi connectivity index (χ3n) is 6.18. The number of hydrogen-bond acceptors (Lipinski definition) is 6. The number of ether oxygens (including phenoxy) is 2. The van der Waals surface area contributed by atoms with Gasteiger partial charge in [0.15, 0.2) is 5.06 Å². The van der Waals surface area contributed by atoms with Crippen LogP contribution in [-0.4, -0.2) is 35.6 Å². The van der Waals surface area contributed by atoms with Crippen LogP contribution in [0.25, 0.3) is 0 Å². The fourth-order valence-corrected chi connectivity index (χ4v) is 5.49. The van der Waals surface area contributed by atoms with E-state index < -0.39 is 12.2 Å². The normalized spacial score (nSPS) is 21.8. The van der Waals surface area contributed by atoms with Crippen molar-refractivity contribution in [1.29, 1.82) is 0 Å². The highest BCUT2D eigenvalue weighted by Gasteiger charge is 2.63. The summed E-state index contributed by atoms with van der Waals surface area (Å²) in [7, 11) is 0. The van der Waals surface area contributed by atoms with E-state index in [2.05, 4.69) is 26.1 Å². The minimum atomic E-state index is -0.898. The lowest BCUT2D eigenvalue weighted by Crippen LogP contribution is -2.26. The topological polar surface area (TPSA) is 88.0 Å². The lowest BCUT2D eigenvalue weighted by atomic mass is 9.96. The smallest absolute Gasteiger partial charge is 0.413 e. The Bertz CT molecular complexity index is 905. The molecular formula is C22H27NO5S. The molecule has 29 heavy (non-hydrogen) atoms. The number of hydrogen-bond donors (Lipinski definition) is 3. The summed E-state index contributed by atoms with van der Waals surface area (Å²) in [4.78, 5) is 13.6. The summed E-state index contributed by atoms with van der Waals surface area (Å²) in [5.41, 5.74) is 3.93. The second-order valence-corrected chi connectivity index (χ2v) is 9.67. The molecule has 0 spiro atoms. The minimum absolute atomic E-state index is 0.0316. The van der Waals surface area contributed by atoms with Crippen LogP contribution in [0.2, 0.25) is 0 Å². The van der Waals surface area contributed by atoms with Gasteiger partial charge in [0.1, 0.15) is 18.5 Å². The van der Waals surface area contributed by atoms with Crippen molar-refractivity contribution in [2.45, 2.75) is 45.8 Å². The van der Waals surface area contributed by atoms with Crippen LogP contribution in [0.4, 0.5) is 4.79 Å². The summed E-state index contributed by atoms with van der Waals surface area (Å²) in [6, 6.07) is 7.19. The Morgan fingerprint density at radius 1 is 1.34 bits per heavy atom. The van der Waals surface area contributed by atoms with Gasteiger partial charge in [-0.3, -0.25) is 0 Å². The quantitative estimate of drug-likeness (QED) is 0.643. The molecule has 0 unspecified atom stereocenters. The molecule has 1 aromatic heterocycles. The molecular weight excluding hydrogens is 390 g/mol. The van der Waals surface area contributed by atoms with E-state index in [1.807, 2.05) is 12.1 Å². The summed E-state index contributed by atoms with van der Waals surface area (Å²) in [5, 5.41) is 21.6. The number of rotatable bonds is 7. The minimum Gasteiger partial charge on any atom is -0.491 e. The van der Waals surface area contributed by atoms with Crippen molar-refractivity contribution in [2.75, 3.05) is 13.2 Å². The van der Waals surface area contributed by atoms with Gasteiger partial charge in [-0.15, -0.1) is 11.3 Å². The van der Waals surface area contributed by atoms with Crippen LogP contribution in [0.15, 0.2) is 24.3 Å². The average molecular weight is 418 g/mol. The van der Waals surface area contributed by atoms with E-state index in [9.17, 15) is 9.90 Å². The number of benzene rings is 1. The number of fused-ring (bicyclic) bond motifs is 3. The molecule has 0 bridgehead atoms. The average Bonchev–Trinajstić information content (AvgIpc) is 3.03. The second-order valence-electron chi connectivity index (χ2n) is 8.48. The van der Waals surface area contributed by atoms with Crippen molar-refractivity contribution >= 4 is 17.4 Å². The Balaban J connectivity index is 1.29. The molecule has 0 radical (unpaired) electrons. The molecule has 3 atom stereocenters. The zero-order chi connectivity index (χ0) is 20.8. The van der Waals surface area contributed by atoms with Crippen LogP contribution in [0, 0.1) is 18.3 Å². The summed E-state index contributed by atoms with van der Waals surface area (Å²) in [6.45, 7) is 6.80. The van der Waals surface area contributed by atoms with Gasteiger partial charge < -0.3 is 25.0 Å². The van der Waals surface area contributed by atoms with Gasteiger partial charge in [0, 0.05) is 17.0 Å². The first-order chi connectivity index (χ1) is 13.8. The molecule has 1 fully saturated rings. The van der Waals surface area contributed by atoms with Gasteiger partial charge in [0.2, 0.25) is 0 Å². The number of carbonyl (C=O) groups is 1. The molecule has 0 saturated heterocycles. The van der Waals surface area contributed by atoms with Gasteiger partial charge in [0.25, 0.3) is 0 Å². The molecule has 6 nitrogen and oxygen atoms in total. The highest BCUT2D eigenvalue weighted by molar-refractivity contribution is 7.14. The first-order valence-corrected chi connectivity index (χ1v) is 10.7. The second kappa shape index (κ2) is 7.63. The number of nitrogens with one attached hydrogen (secondary N) is 1. The number of aliphatic hydroxyl groups excluding tert-OH is 2. The molecule has 1 saturated carbocycles. The standard InChI is InChI=1S/C22H27NO5S/c1-12-18-16(8-17-19(18)22(17,2)3)20(29-12)28-21(26)23-9-13-4-6-15(7-5-13)27-11-14(25)10-24/h4-7,14,17,19,24-25H,8-11H2,1-3H3,(H,23,26)/t14-,17+,19+/m0/s1. The van der Waals surface area contributed by atoms with Gasteiger partial charge in [-0.1, -0.05) is 26.0 Å². The number of amides is 1. The lowest BCUT2D eigenvalue weighted by Gasteiger charge is -2.11. The van der Waals surface area contributed by atoms with Gasteiger partial charge in [-0.2, -0.15) is 0 Å². The van der Waals surface area contributed by atoms with Crippen LogP contribution in [0.3, 0.4) is 0 Å². The molecule has 1 aromatic carbocycles. The van der Waals surface area contributed by atoms with Crippen LogP contribution in [-0.2, 0) is 13.0 Å². The van der Waals surface area contributed by atoms with E-state index in [4.69, 9.17) is 14.6 Å². The number of aliphatic hydroxyl groups is 2. The Morgan fingerprint density at radius 3 is 2.76 bits per heavy atom. The van der Waals surface area contributed by atoms with Crippen LogP contribution >= 0.6 is 11.3 Å². The van der Waals surface area contributed by atoms with Crippen molar-refractivity contribution in [3.8, 4) is 10.8 Å². The SMILES string of the molecule is Cc1sc(OC(=O)NCc2ccc(OC[C@@H](O)CO)cc2)c2c1[C@H]1[C@@H](C2)C1(C)C. The molecule has 7 heteroatoms. The van der Waals surface area contributed by atoms with E-state index in [0.29, 0.717) is 29.5 Å². The molecule has 156 valence electrons. The third-order valence-corrected chi connectivity index (χ3v) is 7.22. The van der Waals surface area contributed by atoms with Crippen molar-refractivity contribution in [2.24, 2.45) is 11.3 Å². The largest absolute Gasteiger partial charge is 0.491 e. The molecule has 1 heterocycles. The van der Waals surface area contributed by atoms with Gasteiger partial charge in [-0.25, -0.2) is 4.79 Å². The zero-order valence-electron chi connectivity index (χ0n) is 16.9. The maximum absolute atomic E-state index is 12.3. The third kappa shape index (κ3) is 3.86. The molecule has 2 aromatic rings. The van der Waals surface area contributed by atoms with Crippen LogP contribution in [0.1, 0.15) is 41.3 Å². The molecule has 0 aliphatic heterocycles. The number of carbonyl (C=O) groups excluding carboxylic acids is 1. The fraction of sp³-hybridized carbons (Fsp3) is 0.500. The Kier molecular flexibility index (Phi) is 5.31. The maximum atomic E-state index is 12.3. The Hall–Kier alpha value is -2.09. The summed E-state index contributed by atoms with van der Waals surface area (Å²) in [5.74, 6) is 1.90. The first-order valence-electron chi connectivity index (χ1n) is 9.89. The van der Waals surface area contributed by atoms with E-state index in [-0.39, 0.29) is 13.2 Å². The monoisotopic (exact) mass is 417 g/mol. The van der Waals surface area contributed by atoms with Gasteiger partial charge >= 0.3 is 6.09 Å². The predicted molar refractivity (Wildman–Crippen MR) is 111 cm³/mol.